The van der Waals surface area contributed by atoms with Gasteiger partial charge in [0.25, 0.3) is 0 Å². The predicted molar refractivity (Wildman–Crippen MR) is 182 cm³/mol. The van der Waals surface area contributed by atoms with E-state index in [4.69, 9.17) is 9.72 Å². The van der Waals surface area contributed by atoms with Crippen LogP contribution in [0.15, 0.2) is 71.2 Å². The molecule has 0 spiro atoms. The zero-order chi connectivity index (χ0) is 31.7. The van der Waals surface area contributed by atoms with E-state index in [1.807, 2.05) is 26.0 Å². The molecule has 6 atom stereocenters. The largest absolute Gasteiger partial charge is 0.454 e. The number of anilines is 1. The van der Waals surface area contributed by atoms with Gasteiger partial charge >= 0.3 is 5.97 Å². The maximum absolute atomic E-state index is 13.5. The molecule has 0 N–H and O–H groups in total. The standard InChI is InChI=1S/C35H27Br3N2O5/c1-16-3-4-19(11-17(16)2)28(41)15-45-35(44)23-14-27(39-26-10-7-20(36)12-22(23)26)18-5-8-21(9-6-18)40-33(42)29-24-13-25(30(29)34(40)43)32(38)31(24)37/h3-12,14,24-25,29-32H,13,15H2,1-2H3. The molecule has 2 bridgehead atoms. The summed E-state index contributed by atoms with van der Waals surface area (Å²) in [5.41, 5.74) is 5.14. The van der Waals surface area contributed by atoms with Crippen LogP contribution in [0.4, 0.5) is 5.69 Å². The van der Waals surface area contributed by atoms with Crippen LogP contribution in [0, 0.1) is 37.5 Å². The molecule has 10 heteroatoms. The molecule has 45 heavy (non-hydrogen) atoms. The normalized spacial score (nSPS) is 25.2. The Morgan fingerprint density at radius 1 is 0.867 bits per heavy atom. The van der Waals surface area contributed by atoms with E-state index < -0.39 is 12.6 Å². The molecule has 3 aliphatic rings. The minimum atomic E-state index is -0.639. The number of ether oxygens (including phenoxy) is 1. The maximum Gasteiger partial charge on any atom is 0.339 e. The number of nitrogens with zero attached hydrogens (tertiary/aromatic N) is 2. The van der Waals surface area contributed by atoms with Crippen molar-refractivity contribution >= 4 is 87.9 Å². The highest BCUT2D eigenvalue weighted by Gasteiger charge is 2.66. The maximum atomic E-state index is 13.5. The zero-order valence-corrected chi connectivity index (χ0v) is 29.1. The first kappa shape index (κ1) is 30.4. The van der Waals surface area contributed by atoms with Crippen molar-refractivity contribution in [2.24, 2.45) is 23.7 Å². The average molecular weight is 795 g/mol. The second kappa shape index (κ2) is 11.5. The lowest BCUT2D eigenvalue weighted by Crippen LogP contribution is -2.37. The van der Waals surface area contributed by atoms with E-state index in [1.54, 1.807) is 54.6 Å². The van der Waals surface area contributed by atoms with Crippen LogP contribution in [-0.2, 0) is 14.3 Å². The number of esters is 1. The average Bonchev–Trinajstić information content (AvgIpc) is 3.65. The highest BCUT2D eigenvalue weighted by atomic mass is 79.9. The number of hydrogen-bond donors (Lipinski definition) is 0. The number of aromatic nitrogens is 1. The van der Waals surface area contributed by atoms with Gasteiger partial charge in [-0.1, -0.05) is 72.1 Å². The Morgan fingerprint density at radius 3 is 2.18 bits per heavy atom. The van der Waals surface area contributed by atoms with Crippen molar-refractivity contribution in [3.05, 3.63) is 93.5 Å². The molecule has 7 nitrogen and oxygen atoms in total. The van der Waals surface area contributed by atoms with Gasteiger partial charge in [-0.05, 0) is 85.7 Å². The van der Waals surface area contributed by atoms with E-state index in [0.29, 0.717) is 33.4 Å². The Morgan fingerprint density at radius 2 is 1.53 bits per heavy atom. The van der Waals surface area contributed by atoms with Crippen LogP contribution in [0.5, 0.6) is 0 Å². The molecule has 7 rings (SSSR count). The Balaban J connectivity index is 1.15. The Hall–Kier alpha value is -3.21. The Labute approximate surface area is 285 Å². The number of amides is 2. The molecular weight excluding hydrogens is 768 g/mol. The number of hydrogen-bond acceptors (Lipinski definition) is 6. The fourth-order valence-electron chi connectivity index (χ4n) is 7.11. The molecule has 1 saturated heterocycles. The molecular formula is C35H27Br3N2O5. The lowest BCUT2D eigenvalue weighted by Gasteiger charge is -2.28. The second-order valence-electron chi connectivity index (χ2n) is 12.1. The van der Waals surface area contributed by atoms with Crippen LogP contribution in [0.2, 0.25) is 0 Å². The lowest BCUT2D eigenvalue weighted by molar-refractivity contribution is -0.123. The first-order valence-corrected chi connectivity index (χ1v) is 17.3. The minimum absolute atomic E-state index is 0.135. The van der Waals surface area contributed by atoms with Gasteiger partial charge < -0.3 is 4.74 Å². The predicted octanol–water partition coefficient (Wildman–Crippen LogP) is 7.60. The number of fused-ring (bicyclic) bond motifs is 6. The molecule has 2 heterocycles. The zero-order valence-electron chi connectivity index (χ0n) is 24.3. The van der Waals surface area contributed by atoms with Crippen LogP contribution >= 0.6 is 47.8 Å². The molecule has 2 saturated carbocycles. The monoisotopic (exact) mass is 792 g/mol. The van der Waals surface area contributed by atoms with Crippen molar-refractivity contribution in [1.29, 1.82) is 0 Å². The quantitative estimate of drug-likeness (QED) is 0.0865. The summed E-state index contributed by atoms with van der Waals surface area (Å²) >= 11 is 10.9. The van der Waals surface area contributed by atoms with Gasteiger partial charge in [0.1, 0.15) is 0 Å². The molecule has 3 aromatic carbocycles. The van der Waals surface area contributed by atoms with Crippen LogP contribution < -0.4 is 4.90 Å². The third-order valence-electron chi connectivity index (χ3n) is 9.56. The summed E-state index contributed by atoms with van der Waals surface area (Å²) in [6.45, 7) is 3.51. The number of Topliss-reactive ketones (excluding diaryl/α,β-unsaturated/α-hetero) is 1. The number of alkyl halides is 2. The summed E-state index contributed by atoms with van der Waals surface area (Å²) < 4.78 is 6.29. The van der Waals surface area contributed by atoms with Crippen LogP contribution in [0.1, 0.15) is 38.3 Å². The topological polar surface area (TPSA) is 93.6 Å². The smallest absolute Gasteiger partial charge is 0.339 e. The van der Waals surface area contributed by atoms with Gasteiger partial charge in [-0.15, -0.1) is 0 Å². The van der Waals surface area contributed by atoms with E-state index >= 15 is 0 Å². The van der Waals surface area contributed by atoms with E-state index in [0.717, 1.165) is 22.0 Å². The second-order valence-corrected chi connectivity index (χ2v) is 15.1. The number of aryl methyl sites for hydroxylation is 2. The van der Waals surface area contributed by atoms with Gasteiger partial charge in [-0.3, -0.25) is 19.3 Å². The fourth-order valence-corrected chi connectivity index (χ4v) is 9.34. The fraction of sp³-hybridized carbons (Fsp3) is 0.286. The van der Waals surface area contributed by atoms with E-state index in [9.17, 15) is 19.2 Å². The van der Waals surface area contributed by atoms with Gasteiger partial charge in [-0.2, -0.15) is 0 Å². The van der Waals surface area contributed by atoms with Crippen LogP contribution in [-0.4, -0.2) is 44.8 Å². The molecule has 1 aliphatic heterocycles. The molecule has 1 aromatic heterocycles. The number of halogens is 3. The van der Waals surface area contributed by atoms with Crippen LogP contribution in [0.25, 0.3) is 22.2 Å². The van der Waals surface area contributed by atoms with Crippen molar-refractivity contribution in [3.63, 3.8) is 0 Å². The van der Waals surface area contributed by atoms with Crippen molar-refractivity contribution < 1.29 is 23.9 Å². The molecule has 0 radical (unpaired) electrons. The Bertz CT molecular complexity index is 1890. The van der Waals surface area contributed by atoms with Crippen molar-refractivity contribution in [3.8, 4) is 11.3 Å². The molecule has 3 fully saturated rings. The highest BCUT2D eigenvalue weighted by molar-refractivity contribution is 9.12. The number of ketones is 1. The summed E-state index contributed by atoms with van der Waals surface area (Å²) in [6.07, 6.45) is 0.875. The SMILES string of the molecule is Cc1ccc(C(=O)COC(=O)c2cc(-c3ccc(N4C(=O)C5C6CC(C(Br)C6Br)C5C4=O)cc3)nc3ccc(Br)cc23)cc1C. The summed E-state index contributed by atoms with van der Waals surface area (Å²) in [4.78, 5) is 59.7. The van der Waals surface area contributed by atoms with Crippen molar-refractivity contribution in [2.45, 2.75) is 29.9 Å². The highest BCUT2D eigenvalue weighted by Crippen LogP contribution is 2.60. The number of rotatable bonds is 6. The first-order valence-electron chi connectivity index (χ1n) is 14.7. The summed E-state index contributed by atoms with van der Waals surface area (Å²) in [5.74, 6) is -1.51. The van der Waals surface area contributed by atoms with E-state index in [1.165, 1.54) is 4.90 Å². The number of imide groups is 1. The molecule has 2 aliphatic carbocycles. The van der Waals surface area contributed by atoms with Crippen molar-refractivity contribution in [1.82, 2.24) is 4.98 Å². The van der Waals surface area contributed by atoms with Gasteiger partial charge in [0.05, 0.1) is 34.3 Å². The molecule has 228 valence electrons. The van der Waals surface area contributed by atoms with Crippen molar-refractivity contribution in [2.75, 3.05) is 11.5 Å². The van der Waals surface area contributed by atoms with Gasteiger partial charge in [0.2, 0.25) is 11.8 Å². The van der Waals surface area contributed by atoms with E-state index in [2.05, 4.69) is 47.8 Å². The lowest BCUT2D eigenvalue weighted by atomic mass is 9.81. The van der Waals surface area contributed by atoms with Crippen LogP contribution in [0.3, 0.4) is 0 Å². The minimum Gasteiger partial charge on any atom is -0.454 e. The summed E-state index contributed by atoms with van der Waals surface area (Å²) in [7, 11) is 0. The third kappa shape index (κ3) is 5.09. The van der Waals surface area contributed by atoms with E-state index in [-0.39, 0.29) is 56.5 Å². The molecule has 4 aromatic rings. The molecule has 6 unspecified atom stereocenters. The number of carbonyl (C=O) groups is 4. The third-order valence-corrected chi connectivity index (χ3v) is 13.3. The summed E-state index contributed by atoms with van der Waals surface area (Å²) in [6, 6.07) is 19.6. The molecule has 2 amide bonds. The van der Waals surface area contributed by atoms with Gasteiger partial charge in [0.15, 0.2) is 12.4 Å². The van der Waals surface area contributed by atoms with Gasteiger partial charge in [-0.25, -0.2) is 9.78 Å². The first-order chi connectivity index (χ1) is 21.5. The Kier molecular flexibility index (Phi) is 7.81. The van der Waals surface area contributed by atoms with Gasteiger partial charge in [0, 0.05) is 30.6 Å². The number of pyridine rings is 1. The number of carbonyl (C=O) groups excluding carboxylic acids is 4. The number of benzene rings is 3. The summed E-state index contributed by atoms with van der Waals surface area (Å²) in [5, 5.41) is 0.581.